The number of likely N-dealkylation sites (tertiary alicyclic amines) is 2. The van der Waals surface area contributed by atoms with Crippen LogP contribution >= 0.6 is 0 Å². The second kappa shape index (κ2) is 8.83. The summed E-state index contributed by atoms with van der Waals surface area (Å²) in [5, 5.41) is 0. The molecule has 5 nitrogen and oxygen atoms in total. The Labute approximate surface area is 169 Å². The molecular weight excluding hydrogens is 352 g/mol. The van der Waals surface area contributed by atoms with Crippen LogP contribution in [0, 0.1) is 0 Å². The van der Waals surface area contributed by atoms with Crippen LogP contribution in [-0.4, -0.2) is 66.2 Å². The Kier molecular flexibility index (Phi) is 6.22. The van der Waals surface area contributed by atoms with Crippen LogP contribution in [-0.2, 0) is 4.74 Å². The highest BCUT2D eigenvalue weighted by Gasteiger charge is 2.36. The Morgan fingerprint density at radius 1 is 1.07 bits per heavy atom. The third-order valence-electron chi connectivity index (χ3n) is 6.69. The predicted octanol–water partition coefficient (Wildman–Crippen LogP) is 3.72. The average molecular weight is 387 g/mol. The molecule has 0 bridgehead atoms. The van der Waals surface area contributed by atoms with Crippen molar-refractivity contribution < 1.29 is 14.3 Å². The number of hydrogen-bond donors (Lipinski definition) is 0. The number of carbonyl (C=O) groups is 1. The normalized spacial score (nSPS) is 31.3. The standard InChI is InChI=1S/C23H34N2O3/c1-17-7-8-18(2)25(17)20-5-3-13-24(15-20)23(26)19-9-11-21(12-10-19)28-16-22-6-4-14-27-22/h9-12,17-18,20,22H,3-8,13-16H2,1-2H3/t17-,18+,20-,22-/m1/s1. The van der Waals surface area contributed by atoms with Crippen LogP contribution in [0.2, 0.25) is 0 Å². The number of benzene rings is 1. The van der Waals surface area contributed by atoms with Crippen LogP contribution in [0.25, 0.3) is 0 Å². The minimum Gasteiger partial charge on any atom is -0.491 e. The van der Waals surface area contributed by atoms with E-state index >= 15 is 0 Å². The highest BCUT2D eigenvalue weighted by atomic mass is 16.5. The quantitative estimate of drug-likeness (QED) is 0.773. The first-order chi connectivity index (χ1) is 13.6. The second-order valence-electron chi connectivity index (χ2n) is 8.74. The number of ether oxygens (including phenoxy) is 2. The molecule has 3 heterocycles. The van der Waals surface area contributed by atoms with Gasteiger partial charge in [0.05, 0.1) is 6.10 Å². The molecule has 3 saturated heterocycles. The van der Waals surface area contributed by atoms with Crippen LogP contribution in [0.15, 0.2) is 24.3 Å². The van der Waals surface area contributed by atoms with Crippen molar-refractivity contribution in [2.75, 3.05) is 26.3 Å². The number of carbonyl (C=O) groups excluding carboxylic acids is 1. The Bertz CT molecular complexity index is 646. The van der Waals surface area contributed by atoms with Crippen LogP contribution in [0.5, 0.6) is 5.75 Å². The fourth-order valence-corrected chi connectivity index (χ4v) is 5.16. The van der Waals surface area contributed by atoms with E-state index in [0.717, 1.165) is 50.3 Å². The van der Waals surface area contributed by atoms with Gasteiger partial charge in [0.1, 0.15) is 12.4 Å². The molecule has 154 valence electrons. The Morgan fingerprint density at radius 2 is 1.82 bits per heavy atom. The zero-order chi connectivity index (χ0) is 19.5. The summed E-state index contributed by atoms with van der Waals surface area (Å²) in [6, 6.07) is 9.39. The SMILES string of the molecule is C[C@@H]1CC[C@H](C)N1[C@@H]1CCCN(C(=O)c2ccc(OC[C@H]3CCCO3)cc2)C1. The summed E-state index contributed by atoms with van der Waals surface area (Å²) in [4.78, 5) is 17.8. The summed E-state index contributed by atoms with van der Waals surface area (Å²) in [5.41, 5.74) is 0.757. The third-order valence-corrected chi connectivity index (χ3v) is 6.69. The maximum atomic E-state index is 13.0. The lowest BCUT2D eigenvalue weighted by Crippen LogP contribution is -2.52. The van der Waals surface area contributed by atoms with Crippen molar-refractivity contribution in [1.82, 2.24) is 9.80 Å². The molecule has 1 aromatic carbocycles. The van der Waals surface area contributed by atoms with Crippen molar-refractivity contribution in [3.63, 3.8) is 0 Å². The second-order valence-corrected chi connectivity index (χ2v) is 8.74. The Balaban J connectivity index is 1.34. The van der Waals surface area contributed by atoms with E-state index in [9.17, 15) is 4.79 Å². The van der Waals surface area contributed by atoms with Crippen molar-refractivity contribution in [2.24, 2.45) is 0 Å². The summed E-state index contributed by atoms with van der Waals surface area (Å²) in [6.07, 6.45) is 7.25. The molecule has 3 aliphatic heterocycles. The van der Waals surface area contributed by atoms with Gasteiger partial charge in [-0.25, -0.2) is 0 Å². The number of amides is 1. The largest absolute Gasteiger partial charge is 0.491 e. The molecule has 0 radical (unpaired) electrons. The van der Waals surface area contributed by atoms with E-state index in [4.69, 9.17) is 9.47 Å². The summed E-state index contributed by atoms with van der Waals surface area (Å²) >= 11 is 0. The minimum absolute atomic E-state index is 0.148. The van der Waals surface area contributed by atoms with E-state index in [1.807, 2.05) is 29.2 Å². The smallest absolute Gasteiger partial charge is 0.253 e. The zero-order valence-electron chi connectivity index (χ0n) is 17.3. The van der Waals surface area contributed by atoms with Crippen molar-refractivity contribution in [1.29, 1.82) is 0 Å². The van der Waals surface area contributed by atoms with Gasteiger partial charge in [0, 0.05) is 43.4 Å². The summed E-state index contributed by atoms with van der Waals surface area (Å²) in [5.74, 6) is 0.957. The van der Waals surface area contributed by atoms with Crippen LogP contribution in [0.3, 0.4) is 0 Å². The lowest BCUT2D eigenvalue weighted by molar-refractivity contribution is 0.0487. The van der Waals surface area contributed by atoms with E-state index in [1.165, 1.54) is 19.3 Å². The Hall–Kier alpha value is -1.59. The van der Waals surface area contributed by atoms with Gasteiger partial charge in [-0.05, 0) is 76.6 Å². The molecule has 0 spiro atoms. The molecule has 0 aromatic heterocycles. The molecule has 0 aliphatic carbocycles. The first kappa shape index (κ1) is 19.7. The predicted molar refractivity (Wildman–Crippen MR) is 110 cm³/mol. The highest BCUT2D eigenvalue weighted by molar-refractivity contribution is 5.94. The minimum atomic E-state index is 0.148. The summed E-state index contributed by atoms with van der Waals surface area (Å²) < 4.78 is 11.4. The van der Waals surface area contributed by atoms with E-state index in [-0.39, 0.29) is 12.0 Å². The maximum Gasteiger partial charge on any atom is 0.253 e. The number of rotatable bonds is 5. The average Bonchev–Trinajstić information content (AvgIpc) is 3.36. The first-order valence-corrected chi connectivity index (χ1v) is 11.0. The molecule has 3 aliphatic rings. The molecule has 3 fully saturated rings. The van der Waals surface area contributed by atoms with Gasteiger partial charge in [0.2, 0.25) is 0 Å². The van der Waals surface area contributed by atoms with E-state index in [2.05, 4.69) is 18.7 Å². The molecule has 4 rings (SSSR count). The van der Waals surface area contributed by atoms with Crippen molar-refractivity contribution in [2.45, 2.75) is 76.6 Å². The molecule has 1 aromatic rings. The zero-order valence-corrected chi connectivity index (χ0v) is 17.3. The van der Waals surface area contributed by atoms with E-state index < -0.39 is 0 Å². The molecule has 4 atom stereocenters. The number of hydrogen-bond acceptors (Lipinski definition) is 4. The van der Waals surface area contributed by atoms with Gasteiger partial charge < -0.3 is 14.4 Å². The maximum absolute atomic E-state index is 13.0. The fourth-order valence-electron chi connectivity index (χ4n) is 5.16. The van der Waals surface area contributed by atoms with Crippen molar-refractivity contribution >= 4 is 5.91 Å². The fraction of sp³-hybridized carbons (Fsp3) is 0.696. The topological polar surface area (TPSA) is 42.0 Å². The van der Waals surface area contributed by atoms with Gasteiger partial charge in [-0.15, -0.1) is 0 Å². The highest BCUT2D eigenvalue weighted by Crippen LogP contribution is 2.30. The van der Waals surface area contributed by atoms with Crippen molar-refractivity contribution in [3.8, 4) is 5.75 Å². The molecular formula is C23H34N2O3. The molecule has 0 saturated carbocycles. The van der Waals surface area contributed by atoms with Gasteiger partial charge in [-0.2, -0.15) is 0 Å². The number of nitrogens with zero attached hydrogens (tertiary/aromatic N) is 2. The van der Waals surface area contributed by atoms with Gasteiger partial charge in [-0.3, -0.25) is 9.69 Å². The van der Waals surface area contributed by atoms with E-state index in [0.29, 0.717) is 24.7 Å². The monoisotopic (exact) mass is 386 g/mol. The van der Waals surface area contributed by atoms with Gasteiger partial charge >= 0.3 is 0 Å². The Morgan fingerprint density at radius 3 is 2.50 bits per heavy atom. The third kappa shape index (κ3) is 4.36. The molecule has 1 amide bonds. The summed E-state index contributed by atoms with van der Waals surface area (Å²) in [7, 11) is 0. The number of piperidine rings is 1. The van der Waals surface area contributed by atoms with E-state index in [1.54, 1.807) is 0 Å². The van der Waals surface area contributed by atoms with Crippen LogP contribution < -0.4 is 4.74 Å². The van der Waals surface area contributed by atoms with Crippen LogP contribution in [0.4, 0.5) is 0 Å². The first-order valence-electron chi connectivity index (χ1n) is 11.0. The van der Waals surface area contributed by atoms with Crippen LogP contribution in [0.1, 0.15) is 62.7 Å². The van der Waals surface area contributed by atoms with Gasteiger partial charge in [0.25, 0.3) is 5.91 Å². The van der Waals surface area contributed by atoms with Gasteiger partial charge in [-0.1, -0.05) is 0 Å². The molecule has 28 heavy (non-hydrogen) atoms. The lowest BCUT2D eigenvalue weighted by Gasteiger charge is -2.41. The molecule has 5 heteroatoms. The lowest BCUT2D eigenvalue weighted by atomic mass is 10.0. The van der Waals surface area contributed by atoms with Gasteiger partial charge in [0.15, 0.2) is 0 Å². The molecule has 0 N–H and O–H groups in total. The summed E-state index contributed by atoms with van der Waals surface area (Å²) in [6.45, 7) is 7.81. The van der Waals surface area contributed by atoms with Crippen molar-refractivity contribution in [3.05, 3.63) is 29.8 Å². The molecule has 0 unspecified atom stereocenters.